The molecule has 0 bridgehead atoms. The minimum Gasteiger partial charge on any atom is -0.354 e. The molecule has 1 unspecified atom stereocenters. The third kappa shape index (κ3) is 7.87. The lowest BCUT2D eigenvalue weighted by Gasteiger charge is -2.19. The van der Waals surface area contributed by atoms with E-state index in [1.165, 1.54) is 0 Å². The Balaban J connectivity index is 2.49. The van der Waals surface area contributed by atoms with Crippen LogP contribution in [0.5, 0.6) is 0 Å². The summed E-state index contributed by atoms with van der Waals surface area (Å²) >= 11 is 0. The molecular weight excluding hydrogens is 348 g/mol. The molecule has 1 aromatic carbocycles. The number of carbonyl (C=O) groups excluding carboxylic acids is 1. The number of rotatable bonds is 9. The predicted octanol–water partition coefficient (Wildman–Crippen LogP) is 3.59. The minimum absolute atomic E-state index is 0.0277. The monoisotopic (exact) mass is 382 g/mol. The molecule has 26 heavy (non-hydrogen) atoms. The van der Waals surface area contributed by atoms with Crippen molar-refractivity contribution in [3.05, 3.63) is 29.8 Å². The Morgan fingerprint density at radius 2 is 1.62 bits per heavy atom. The first-order chi connectivity index (χ1) is 11.9. The molecule has 1 aromatic rings. The van der Waals surface area contributed by atoms with E-state index in [1.807, 2.05) is 19.1 Å². The van der Waals surface area contributed by atoms with E-state index in [4.69, 9.17) is 0 Å². The Bertz CT molecular complexity index is 674. The lowest BCUT2D eigenvalue weighted by atomic mass is 9.87. The van der Waals surface area contributed by atoms with Gasteiger partial charge in [-0.15, -0.1) is 0 Å². The second kappa shape index (κ2) is 9.51. The lowest BCUT2D eigenvalue weighted by Crippen LogP contribution is -2.35. The van der Waals surface area contributed by atoms with Gasteiger partial charge in [-0.05, 0) is 48.8 Å². The highest BCUT2D eigenvalue weighted by molar-refractivity contribution is 7.89. The number of nitrogens with one attached hydrogen (secondary N) is 2. The van der Waals surface area contributed by atoms with Gasteiger partial charge in [-0.25, -0.2) is 13.1 Å². The van der Waals surface area contributed by atoms with Crippen LogP contribution in [-0.2, 0) is 20.2 Å². The van der Waals surface area contributed by atoms with Gasteiger partial charge in [0.05, 0.1) is 4.90 Å². The molecule has 1 amide bonds. The first-order valence-electron chi connectivity index (χ1n) is 9.31. The standard InChI is InChI=1S/C20H34N2O3S/c1-15(2)7-8-16(3)22-19(23)13-14-21-26(24,25)18-11-9-17(10-12-18)20(4,5)6/h9-12,15-16,21H,7-8,13-14H2,1-6H3,(H,22,23). The van der Waals surface area contributed by atoms with Crippen molar-refractivity contribution in [2.75, 3.05) is 6.54 Å². The van der Waals surface area contributed by atoms with Gasteiger partial charge in [-0.2, -0.15) is 0 Å². The zero-order valence-corrected chi connectivity index (χ0v) is 17.7. The second-order valence-electron chi connectivity index (χ2n) is 8.36. The van der Waals surface area contributed by atoms with E-state index < -0.39 is 10.0 Å². The molecule has 0 saturated heterocycles. The van der Waals surface area contributed by atoms with Gasteiger partial charge in [-0.1, -0.05) is 46.8 Å². The SMILES string of the molecule is CC(C)CCC(C)NC(=O)CCNS(=O)(=O)c1ccc(C(C)(C)C)cc1. The van der Waals surface area contributed by atoms with Crippen LogP contribution in [0.4, 0.5) is 0 Å². The first-order valence-corrected chi connectivity index (χ1v) is 10.8. The van der Waals surface area contributed by atoms with Crippen LogP contribution in [-0.4, -0.2) is 26.9 Å². The molecule has 0 aliphatic carbocycles. The van der Waals surface area contributed by atoms with E-state index >= 15 is 0 Å². The van der Waals surface area contributed by atoms with Crippen molar-refractivity contribution < 1.29 is 13.2 Å². The van der Waals surface area contributed by atoms with Crippen molar-refractivity contribution in [1.82, 2.24) is 10.0 Å². The van der Waals surface area contributed by atoms with Gasteiger partial charge in [0, 0.05) is 19.0 Å². The summed E-state index contributed by atoms with van der Waals surface area (Å²) in [5, 5.41) is 2.91. The molecule has 0 heterocycles. The topological polar surface area (TPSA) is 75.3 Å². The highest BCUT2D eigenvalue weighted by Gasteiger charge is 2.18. The highest BCUT2D eigenvalue weighted by atomic mass is 32.2. The second-order valence-corrected chi connectivity index (χ2v) is 10.1. The third-order valence-electron chi connectivity index (χ3n) is 4.26. The van der Waals surface area contributed by atoms with Crippen LogP contribution in [0, 0.1) is 5.92 Å². The zero-order chi connectivity index (χ0) is 20.0. The fourth-order valence-corrected chi connectivity index (χ4v) is 3.55. The normalized spacial score (nSPS) is 13.7. The fraction of sp³-hybridized carbons (Fsp3) is 0.650. The summed E-state index contributed by atoms with van der Waals surface area (Å²) < 4.78 is 27.2. The largest absolute Gasteiger partial charge is 0.354 e. The number of sulfonamides is 1. The molecule has 0 aliphatic rings. The van der Waals surface area contributed by atoms with Gasteiger partial charge in [0.15, 0.2) is 0 Å². The van der Waals surface area contributed by atoms with Crippen LogP contribution in [0.1, 0.15) is 66.4 Å². The maximum atomic E-state index is 12.3. The molecule has 0 saturated carbocycles. The highest BCUT2D eigenvalue weighted by Crippen LogP contribution is 2.23. The van der Waals surface area contributed by atoms with Crippen molar-refractivity contribution in [2.24, 2.45) is 5.92 Å². The average Bonchev–Trinajstić information content (AvgIpc) is 2.52. The summed E-state index contributed by atoms with van der Waals surface area (Å²) in [5.41, 5.74) is 1.05. The summed E-state index contributed by atoms with van der Waals surface area (Å²) in [5.74, 6) is 0.470. The van der Waals surface area contributed by atoms with Crippen molar-refractivity contribution in [1.29, 1.82) is 0 Å². The summed E-state index contributed by atoms with van der Waals surface area (Å²) in [7, 11) is -3.60. The smallest absolute Gasteiger partial charge is 0.240 e. The summed E-state index contributed by atoms with van der Waals surface area (Å²) in [6.45, 7) is 12.6. The molecular formula is C20H34N2O3S. The molecule has 6 heteroatoms. The Kier molecular flexibility index (Phi) is 8.28. The van der Waals surface area contributed by atoms with Crippen LogP contribution in [0.2, 0.25) is 0 Å². The summed E-state index contributed by atoms with van der Waals surface area (Å²) in [6.07, 6.45) is 2.11. The molecule has 2 N–H and O–H groups in total. The van der Waals surface area contributed by atoms with Gasteiger partial charge >= 0.3 is 0 Å². The van der Waals surface area contributed by atoms with Gasteiger partial charge in [0.1, 0.15) is 0 Å². The van der Waals surface area contributed by atoms with Crippen LogP contribution < -0.4 is 10.0 Å². The maximum Gasteiger partial charge on any atom is 0.240 e. The van der Waals surface area contributed by atoms with E-state index in [9.17, 15) is 13.2 Å². The van der Waals surface area contributed by atoms with Gasteiger partial charge < -0.3 is 5.32 Å². The van der Waals surface area contributed by atoms with Gasteiger partial charge in [-0.3, -0.25) is 4.79 Å². The van der Waals surface area contributed by atoms with E-state index in [-0.39, 0.29) is 35.2 Å². The molecule has 1 atom stereocenters. The van der Waals surface area contributed by atoms with Crippen molar-refractivity contribution in [3.63, 3.8) is 0 Å². The average molecular weight is 383 g/mol. The Morgan fingerprint density at radius 1 is 1.04 bits per heavy atom. The molecule has 0 fully saturated rings. The third-order valence-corrected chi connectivity index (χ3v) is 5.74. The fourth-order valence-electron chi connectivity index (χ4n) is 2.52. The predicted molar refractivity (Wildman–Crippen MR) is 107 cm³/mol. The molecule has 0 spiro atoms. The molecule has 1 rings (SSSR count). The Hall–Kier alpha value is -1.40. The number of hydrogen-bond donors (Lipinski definition) is 2. The van der Waals surface area contributed by atoms with Crippen LogP contribution in [0.25, 0.3) is 0 Å². The van der Waals surface area contributed by atoms with E-state index in [1.54, 1.807) is 12.1 Å². The molecule has 148 valence electrons. The van der Waals surface area contributed by atoms with Gasteiger partial charge in [0.25, 0.3) is 0 Å². The van der Waals surface area contributed by atoms with Crippen LogP contribution in [0.15, 0.2) is 29.2 Å². The molecule has 0 aromatic heterocycles. The van der Waals surface area contributed by atoms with Crippen LogP contribution >= 0.6 is 0 Å². The zero-order valence-electron chi connectivity index (χ0n) is 16.9. The summed E-state index contributed by atoms with van der Waals surface area (Å²) in [6, 6.07) is 6.98. The molecule has 5 nitrogen and oxygen atoms in total. The maximum absolute atomic E-state index is 12.3. The van der Waals surface area contributed by atoms with E-state index in [0.29, 0.717) is 5.92 Å². The van der Waals surface area contributed by atoms with Crippen molar-refractivity contribution in [3.8, 4) is 0 Å². The Labute approximate surface area is 159 Å². The number of amides is 1. The van der Waals surface area contributed by atoms with Crippen LogP contribution in [0.3, 0.4) is 0 Å². The van der Waals surface area contributed by atoms with Crippen molar-refractivity contribution >= 4 is 15.9 Å². The van der Waals surface area contributed by atoms with E-state index in [2.05, 4.69) is 44.7 Å². The molecule has 0 aliphatic heterocycles. The van der Waals surface area contributed by atoms with Crippen molar-refractivity contribution in [2.45, 2.75) is 77.2 Å². The number of carbonyl (C=O) groups is 1. The molecule has 0 radical (unpaired) electrons. The van der Waals surface area contributed by atoms with E-state index in [0.717, 1.165) is 18.4 Å². The Morgan fingerprint density at radius 3 is 2.12 bits per heavy atom. The van der Waals surface area contributed by atoms with Gasteiger partial charge in [0.2, 0.25) is 15.9 Å². The minimum atomic E-state index is -3.60. The first kappa shape index (κ1) is 22.6. The quantitative estimate of drug-likeness (QED) is 0.685. The number of benzene rings is 1. The number of hydrogen-bond acceptors (Lipinski definition) is 3. The lowest BCUT2D eigenvalue weighted by molar-refractivity contribution is -0.121. The summed E-state index contributed by atoms with van der Waals surface area (Å²) in [4.78, 5) is 12.1.